The third-order valence-corrected chi connectivity index (χ3v) is 4.13. The predicted octanol–water partition coefficient (Wildman–Crippen LogP) is 4.36. The molecule has 21 heavy (non-hydrogen) atoms. The van der Waals surface area contributed by atoms with Crippen LogP contribution in [0.25, 0.3) is 0 Å². The first-order chi connectivity index (χ1) is 10.1. The number of halogens is 2. The second kappa shape index (κ2) is 6.08. The highest BCUT2D eigenvalue weighted by Gasteiger charge is 2.23. The zero-order valence-electron chi connectivity index (χ0n) is 11.1. The minimum absolute atomic E-state index is 0.0843. The number of ether oxygens (including phenoxy) is 1. The van der Waals surface area contributed by atoms with Crippen molar-refractivity contribution in [1.82, 2.24) is 5.32 Å². The molecule has 0 radical (unpaired) electrons. The lowest BCUT2D eigenvalue weighted by molar-refractivity contribution is 0.0924. The van der Waals surface area contributed by atoms with Gasteiger partial charge in [-0.25, -0.2) is 0 Å². The van der Waals surface area contributed by atoms with Crippen LogP contribution in [0.2, 0.25) is 5.02 Å². The maximum Gasteiger partial charge on any atom is 0.251 e. The SMILES string of the molecule is O=C(NC1CCOc2ccc(Cl)cc21)c1cccc(Br)c1. The molecule has 0 saturated heterocycles. The van der Waals surface area contributed by atoms with E-state index in [9.17, 15) is 4.79 Å². The van der Waals surface area contributed by atoms with E-state index in [4.69, 9.17) is 16.3 Å². The van der Waals surface area contributed by atoms with Gasteiger partial charge in [0.1, 0.15) is 5.75 Å². The van der Waals surface area contributed by atoms with Crippen molar-refractivity contribution in [2.45, 2.75) is 12.5 Å². The summed E-state index contributed by atoms with van der Waals surface area (Å²) < 4.78 is 6.48. The van der Waals surface area contributed by atoms with Crippen LogP contribution in [0.15, 0.2) is 46.9 Å². The van der Waals surface area contributed by atoms with Crippen LogP contribution >= 0.6 is 27.5 Å². The van der Waals surface area contributed by atoms with Crippen molar-refractivity contribution in [3.63, 3.8) is 0 Å². The van der Waals surface area contributed by atoms with Gasteiger partial charge in [-0.3, -0.25) is 4.79 Å². The summed E-state index contributed by atoms with van der Waals surface area (Å²) in [4.78, 5) is 12.4. The van der Waals surface area contributed by atoms with Crippen molar-refractivity contribution in [3.8, 4) is 5.75 Å². The lowest BCUT2D eigenvalue weighted by Gasteiger charge is -2.27. The molecule has 3 rings (SSSR count). The van der Waals surface area contributed by atoms with Gasteiger partial charge in [-0.05, 0) is 36.4 Å². The Hall–Kier alpha value is -1.52. The third-order valence-electron chi connectivity index (χ3n) is 3.40. The van der Waals surface area contributed by atoms with Crippen molar-refractivity contribution < 1.29 is 9.53 Å². The third kappa shape index (κ3) is 3.22. The van der Waals surface area contributed by atoms with Crippen LogP contribution in [0.3, 0.4) is 0 Å². The molecule has 108 valence electrons. The fourth-order valence-electron chi connectivity index (χ4n) is 2.39. The Kier molecular flexibility index (Phi) is 4.17. The van der Waals surface area contributed by atoms with Crippen molar-refractivity contribution in [1.29, 1.82) is 0 Å². The van der Waals surface area contributed by atoms with Crippen molar-refractivity contribution >= 4 is 33.4 Å². The maximum atomic E-state index is 12.4. The predicted molar refractivity (Wildman–Crippen MR) is 85.9 cm³/mol. The lowest BCUT2D eigenvalue weighted by atomic mass is 10.00. The topological polar surface area (TPSA) is 38.3 Å². The summed E-state index contributed by atoms with van der Waals surface area (Å²) in [5.74, 6) is 0.680. The lowest BCUT2D eigenvalue weighted by Crippen LogP contribution is -2.32. The largest absolute Gasteiger partial charge is 0.493 e. The number of nitrogens with one attached hydrogen (secondary N) is 1. The van der Waals surface area contributed by atoms with Gasteiger partial charge in [-0.1, -0.05) is 33.6 Å². The van der Waals surface area contributed by atoms with Gasteiger partial charge >= 0.3 is 0 Å². The number of carbonyl (C=O) groups is 1. The molecule has 0 saturated carbocycles. The molecule has 0 aliphatic carbocycles. The molecule has 0 aromatic heterocycles. The van der Waals surface area contributed by atoms with E-state index in [1.807, 2.05) is 24.3 Å². The van der Waals surface area contributed by atoms with E-state index >= 15 is 0 Å². The van der Waals surface area contributed by atoms with Crippen LogP contribution in [-0.2, 0) is 0 Å². The molecule has 3 nitrogen and oxygen atoms in total. The fourth-order valence-corrected chi connectivity index (χ4v) is 2.97. The summed E-state index contributed by atoms with van der Waals surface area (Å²) in [6.07, 6.45) is 0.729. The van der Waals surface area contributed by atoms with Gasteiger partial charge in [0.15, 0.2) is 0 Å². The van der Waals surface area contributed by atoms with Crippen molar-refractivity contribution in [3.05, 3.63) is 63.1 Å². The van der Waals surface area contributed by atoms with E-state index < -0.39 is 0 Å². The van der Waals surface area contributed by atoms with Gasteiger partial charge in [0.2, 0.25) is 0 Å². The van der Waals surface area contributed by atoms with Gasteiger partial charge < -0.3 is 10.1 Å². The molecule has 1 N–H and O–H groups in total. The number of amides is 1. The molecule has 1 unspecified atom stereocenters. The second-order valence-corrected chi connectivity index (χ2v) is 6.21. The first kappa shape index (κ1) is 14.4. The molecule has 1 aliphatic heterocycles. The van der Waals surface area contributed by atoms with Gasteiger partial charge in [-0.2, -0.15) is 0 Å². The van der Waals surface area contributed by atoms with Crippen molar-refractivity contribution in [2.75, 3.05) is 6.61 Å². The van der Waals surface area contributed by atoms with Crippen molar-refractivity contribution in [2.24, 2.45) is 0 Å². The molecule has 0 spiro atoms. The molecule has 1 atom stereocenters. The van der Waals surface area contributed by atoms with Crippen LogP contribution < -0.4 is 10.1 Å². The molecule has 1 heterocycles. The molecule has 2 aromatic rings. The Balaban J connectivity index is 1.83. The summed E-state index contributed by atoms with van der Waals surface area (Å²) in [7, 11) is 0. The molecule has 1 amide bonds. The second-order valence-electron chi connectivity index (χ2n) is 4.86. The van der Waals surface area contributed by atoms with E-state index in [-0.39, 0.29) is 11.9 Å². The zero-order chi connectivity index (χ0) is 14.8. The Morgan fingerprint density at radius 1 is 1.29 bits per heavy atom. The fraction of sp³-hybridized carbons (Fsp3) is 0.188. The highest BCUT2D eigenvalue weighted by atomic mass is 79.9. The van der Waals surface area contributed by atoms with Crippen LogP contribution in [0.5, 0.6) is 5.75 Å². The van der Waals surface area contributed by atoms with Crippen LogP contribution in [0.4, 0.5) is 0 Å². The summed E-state index contributed by atoms with van der Waals surface area (Å²) in [6.45, 7) is 0.581. The van der Waals surface area contributed by atoms with Gasteiger partial charge in [0.05, 0.1) is 12.6 Å². The first-order valence-corrected chi connectivity index (χ1v) is 7.79. The van der Waals surface area contributed by atoms with E-state index in [1.54, 1.807) is 18.2 Å². The highest BCUT2D eigenvalue weighted by molar-refractivity contribution is 9.10. The Morgan fingerprint density at radius 2 is 2.14 bits per heavy atom. The molecular weight excluding hydrogens is 354 g/mol. The smallest absolute Gasteiger partial charge is 0.251 e. The molecule has 0 fully saturated rings. The normalized spacial score (nSPS) is 16.8. The minimum atomic E-state index is -0.103. The van der Waals surface area contributed by atoms with E-state index in [2.05, 4.69) is 21.2 Å². The monoisotopic (exact) mass is 365 g/mol. The number of benzene rings is 2. The minimum Gasteiger partial charge on any atom is -0.493 e. The first-order valence-electron chi connectivity index (χ1n) is 6.62. The molecule has 0 bridgehead atoms. The molecular formula is C16H13BrClNO2. The highest BCUT2D eigenvalue weighted by Crippen LogP contribution is 2.34. The van der Waals surface area contributed by atoms with Crippen LogP contribution in [-0.4, -0.2) is 12.5 Å². The summed E-state index contributed by atoms with van der Waals surface area (Å²) in [5.41, 5.74) is 1.55. The Morgan fingerprint density at radius 3 is 2.95 bits per heavy atom. The van der Waals surface area contributed by atoms with Crippen LogP contribution in [0.1, 0.15) is 28.4 Å². The van der Waals surface area contributed by atoms with E-state index in [0.29, 0.717) is 17.2 Å². The number of hydrogen-bond donors (Lipinski definition) is 1. The van der Waals surface area contributed by atoms with E-state index in [0.717, 1.165) is 22.2 Å². The summed E-state index contributed by atoms with van der Waals surface area (Å²) in [6, 6.07) is 12.7. The molecule has 5 heteroatoms. The maximum absolute atomic E-state index is 12.4. The summed E-state index contributed by atoms with van der Waals surface area (Å²) >= 11 is 9.42. The van der Waals surface area contributed by atoms with Gasteiger partial charge in [-0.15, -0.1) is 0 Å². The number of hydrogen-bond acceptors (Lipinski definition) is 2. The van der Waals surface area contributed by atoms with E-state index in [1.165, 1.54) is 0 Å². The summed E-state index contributed by atoms with van der Waals surface area (Å²) in [5, 5.41) is 3.69. The number of fused-ring (bicyclic) bond motifs is 1. The Labute approximate surface area is 136 Å². The number of rotatable bonds is 2. The Bertz CT molecular complexity index is 690. The molecule has 1 aliphatic rings. The quantitative estimate of drug-likeness (QED) is 0.858. The van der Waals surface area contributed by atoms with Gasteiger partial charge in [0.25, 0.3) is 5.91 Å². The van der Waals surface area contributed by atoms with Crippen LogP contribution in [0, 0.1) is 0 Å². The number of carbonyl (C=O) groups excluding carboxylic acids is 1. The van der Waals surface area contributed by atoms with Gasteiger partial charge in [0, 0.05) is 27.0 Å². The standard InChI is InChI=1S/C16H13BrClNO2/c17-11-3-1-2-10(8-11)16(20)19-14-6-7-21-15-5-4-12(18)9-13(14)15/h1-5,8-9,14H,6-7H2,(H,19,20). The molecule has 2 aromatic carbocycles. The zero-order valence-corrected chi connectivity index (χ0v) is 13.4. The average Bonchev–Trinajstić information content (AvgIpc) is 2.48. The average molecular weight is 367 g/mol.